The molecule has 21 heavy (non-hydrogen) atoms. The average Bonchev–Trinajstić information content (AvgIpc) is 2.51. The number of hydrogen-bond donors (Lipinski definition) is 1. The zero-order valence-electron chi connectivity index (χ0n) is 12.0. The number of rotatable bonds is 6. The van der Waals surface area contributed by atoms with Gasteiger partial charge in [-0.25, -0.2) is 0 Å². The molecule has 0 saturated carbocycles. The average molecular weight is 286 g/mol. The predicted molar refractivity (Wildman–Crippen MR) is 79.9 cm³/mol. The van der Waals surface area contributed by atoms with E-state index in [4.69, 9.17) is 4.74 Å². The van der Waals surface area contributed by atoms with Crippen LogP contribution < -0.4 is 5.32 Å². The lowest BCUT2D eigenvalue weighted by molar-refractivity contribution is -0.143. The first-order valence-corrected chi connectivity index (χ1v) is 6.99. The molecule has 2 aromatic rings. The van der Waals surface area contributed by atoms with E-state index in [-0.39, 0.29) is 11.9 Å². The lowest BCUT2D eigenvalue weighted by Gasteiger charge is -2.06. The van der Waals surface area contributed by atoms with Crippen LogP contribution in [0.5, 0.6) is 0 Å². The lowest BCUT2D eigenvalue weighted by atomic mass is 10.1. The van der Waals surface area contributed by atoms with Crippen LogP contribution in [0.25, 0.3) is 10.9 Å². The molecular formula is C16H18N2O3. The van der Waals surface area contributed by atoms with E-state index in [1.54, 1.807) is 19.2 Å². The lowest BCUT2D eigenvalue weighted by Crippen LogP contribution is -2.25. The first-order chi connectivity index (χ1) is 10.2. The van der Waals surface area contributed by atoms with Gasteiger partial charge in [0.05, 0.1) is 12.1 Å². The van der Waals surface area contributed by atoms with Gasteiger partial charge in [0.2, 0.25) is 0 Å². The van der Waals surface area contributed by atoms with Gasteiger partial charge in [-0.2, -0.15) is 0 Å². The molecule has 5 heteroatoms. The summed E-state index contributed by atoms with van der Waals surface area (Å²) in [7, 11) is 0. The second-order valence-electron chi connectivity index (χ2n) is 4.58. The van der Waals surface area contributed by atoms with E-state index < -0.39 is 0 Å². The van der Waals surface area contributed by atoms with Gasteiger partial charge in [-0.15, -0.1) is 0 Å². The number of ether oxygens (including phenoxy) is 1. The number of aromatic nitrogens is 1. The third-order valence-corrected chi connectivity index (χ3v) is 3.01. The molecule has 1 aromatic carbocycles. The molecule has 1 amide bonds. The van der Waals surface area contributed by atoms with Crippen LogP contribution in [0.2, 0.25) is 0 Å². The van der Waals surface area contributed by atoms with Gasteiger partial charge in [0.15, 0.2) is 0 Å². The van der Waals surface area contributed by atoms with Crippen molar-refractivity contribution in [3.05, 3.63) is 42.1 Å². The number of benzene rings is 1. The van der Waals surface area contributed by atoms with Gasteiger partial charge in [-0.1, -0.05) is 6.07 Å². The molecule has 0 bridgehead atoms. The number of fused-ring (bicyclic) bond motifs is 1. The molecule has 0 unspecified atom stereocenters. The van der Waals surface area contributed by atoms with Gasteiger partial charge in [0, 0.05) is 30.1 Å². The van der Waals surface area contributed by atoms with Crippen molar-refractivity contribution in [1.82, 2.24) is 10.3 Å². The first kappa shape index (κ1) is 15.0. The summed E-state index contributed by atoms with van der Waals surface area (Å²) in [6.45, 7) is 2.60. The fraction of sp³-hybridized carbons (Fsp3) is 0.312. The Morgan fingerprint density at radius 3 is 2.95 bits per heavy atom. The largest absolute Gasteiger partial charge is 0.466 e. The third-order valence-electron chi connectivity index (χ3n) is 3.01. The van der Waals surface area contributed by atoms with Crippen molar-refractivity contribution in [2.45, 2.75) is 19.8 Å². The Morgan fingerprint density at radius 1 is 1.29 bits per heavy atom. The SMILES string of the molecule is CCOC(=O)CCCNC(=O)c1ccc2ncccc2c1. The van der Waals surface area contributed by atoms with E-state index in [0.717, 1.165) is 10.9 Å². The molecule has 1 heterocycles. The van der Waals surface area contributed by atoms with Gasteiger partial charge in [0.25, 0.3) is 5.91 Å². The highest BCUT2D eigenvalue weighted by molar-refractivity contribution is 5.97. The number of amides is 1. The van der Waals surface area contributed by atoms with Gasteiger partial charge < -0.3 is 10.1 Å². The zero-order valence-corrected chi connectivity index (χ0v) is 12.0. The minimum atomic E-state index is -0.233. The van der Waals surface area contributed by atoms with Crippen LogP contribution >= 0.6 is 0 Å². The molecule has 1 aromatic heterocycles. The maximum atomic E-state index is 12.0. The van der Waals surface area contributed by atoms with Crippen LogP contribution in [0.3, 0.4) is 0 Å². The van der Waals surface area contributed by atoms with Crippen LogP contribution in [-0.4, -0.2) is 30.0 Å². The van der Waals surface area contributed by atoms with Crippen molar-refractivity contribution >= 4 is 22.8 Å². The normalized spacial score (nSPS) is 10.3. The molecule has 0 radical (unpaired) electrons. The highest BCUT2D eigenvalue weighted by Gasteiger charge is 2.07. The number of carbonyl (C=O) groups excluding carboxylic acids is 2. The van der Waals surface area contributed by atoms with E-state index in [1.165, 1.54) is 0 Å². The van der Waals surface area contributed by atoms with Crippen LogP contribution in [0.1, 0.15) is 30.1 Å². The number of pyridine rings is 1. The second kappa shape index (κ2) is 7.38. The van der Waals surface area contributed by atoms with E-state index in [0.29, 0.717) is 31.6 Å². The van der Waals surface area contributed by atoms with Gasteiger partial charge >= 0.3 is 5.97 Å². The number of nitrogens with zero attached hydrogens (tertiary/aromatic N) is 1. The number of nitrogens with one attached hydrogen (secondary N) is 1. The van der Waals surface area contributed by atoms with Crippen LogP contribution in [0, 0.1) is 0 Å². The maximum absolute atomic E-state index is 12.0. The van der Waals surface area contributed by atoms with Crippen LogP contribution in [-0.2, 0) is 9.53 Å². The molecule has 1 N–H and O–H groups in total. The maximum Gasteiger partial charge on any atom is 0.305 e. The van der Waals surface area contributed by atoms with Crippen molar-refractivity contribution in [1.29, 1.82) is 0 Å². The molecule has 0 atom stereocenters. The summed E-state index contributed by atoms with van der Waals surface area (Å²) in [5.41, 5.74) is 1.45. The minimum absolute atomic E-state index is 0.149. The molecular weight excluding hydrogens is 268 g/mol. The smallest absolute Gasteiger partial charge is 0.305 e. The highest BCUT2D eigenvalue weighted by atomic mass is 16.5. The summed E-state index contributed by atoms with van der Waals surface area (Å²) < 4.78 is 4.82. The summed E-state index contributed by atoms with van der Waals surface area (Å²) >= 11 is 0. The molecule has 0 aliphatic heterocycles. The van der Waals surface area contributed by atoms with E-state index in [2.05, 4.69) is 10.3 Å². The molecule has 5 nitrogen and oxygen atoms in total. The summed E-state index contributed by atoms with van der Waals surface area (Å²) in [5, 5.41) is 3.72. The second-order valence-corrected chi connectivity index (χ2v) is 4.58. The Balaban J connectivity index is 1.86. The third kappa shape index (κ3) is 4.27. The summed E-state index contributed by atoms with van der Waals surface area (Å²) in [4.78, 5) is 27.4. The van der Waals surface area contributed by atoms with Crippen LogP contribution in [0.4, 0.5) is 0 Å². The van der Waals surface area contributed by atoms with E-state index in [9.17, 15) is 9.59 Å². The van der Waals surface area contributed by atoms with Gasteiger partial charge in [-0.05, 0) is 37.6 Å². The molecule has 0 aliphatic carbocycles. The Hall–Kier alpha value is -2.43. The topological polar surface area (TPSA) is 68.3 Å². The Morgan fingerprint density at radius 2 is 2.14 bits per heavy atom. The van der Waals surface area contributed by atoms with Gasteiger partial charge in [0.1, 0.15) is 0 Å². The monoisotopic (exact) mass is 286 g/mol. The standard InChI is InChI=1S/C16H18N2O3/c1-2-21-15(19)6-4-10-18-16(20)13-7-8-14-12(11-13)5-3-9-17-14/h3,5,7-9,11H,2,4,6,10H2,1H3,(H,18,20). The first-order valence-electron chi connectivity index (χ1n) is 6.99. The number of esters is 1. The minimum Gasteiger partial charge on any atom is -0.466 e. The predicted octanol–water partition coefficient (Wildman–Crippen LogP) is 2.31. The Labute approximate surface area is 123 Å². The number of carbonyl (C=O) groups is 2. The molecule has 0 spiro atoms. The molecule has 0 saturated heterocycles. The fourth-order valence-corrected chi connectivity index (χ4v) is 1.99. The highest BCUT2D eigenvalue weighted by Crippen LogP contribution is 2.13. The van der Waals surface area contributed by atoms with Gasteiger partial charge in [-0.3, -0.25) is 14.6 Å². The molecule has 0 fully saturated rings. The molecule has 2 rings (SSSR count). The fourth-order valence-electron chi connectivity index (χ4n) is 1.99. The summed E-state index contributed by atoms with van der Waals surface area (Å²) in [6.07, 6.45) is 2.60. The number of hydrogen-bond acceptors (Lipinski definition) is 4. The van der Waals surface area contributed by atoms with Crippen molar-refractivity contribution in [2.24, 2.45) is 0 Å². The Kier molecular flexibility index (Phi) is 5.26. The summed E-state index contributed by atoms with van der Waals surface area (Å²) in [5.74, 6) is -0.381. The quantitative estimate of drug-likeness (QED) is 0.653. The summed E-state index contributed by atoms with van der Waals surface area (Å²) in [6, 6.07) is 9.13. The molecule has 110 valence electrons. The van der Waals surface area contributed by atoms with Crippen molar-refractivity contribution in [2.75, 3.05) is 13.2 Å². The van der Waals surface area contributed by atoms with E-state index >= 15 is 0 Å². The van der Waals surface area contributed by atoms with Crippen molar-refractivity contribution in [3.63, 3.8) is 0 Å². The van der Waals surface area contributed by atoms with Crippen molar-refractivity contribution < 1.29 is 14.3 Å². The zero-order chi connectivity index (χ0) is 15.1. The van der Waals surface area contributed by atoms with Crippen molar-refractivity contribution in [3.8, 4) is 0 Å². The van der Waals surface area contributed by atoms with Crippen LogP contribution in [0.15, 0.2) is 36.5 Å². The Bertz CT molecular complexity index is 640. The molecule has 0 aliphatic rings. The van der Waals surface area contributed by atoms with E-state index in [1.807, 2.05) is 24.3 Å².